The summed E-state index contributed by atoms with van der Waals surface area (Å²) in [4.78, 5) is 0. The SMILES string of the molecule is CCCCC(CC)CNc1cc(C)cc(C)c1. The summed E-state index contributed by atoms with van der Waals surface area (Å²) in [6.45, 7) is 9.99. The van der Waals surface area contributed by atoms with Gasteiger partial charge in [-0.3, -0.25) is 0 Å². The number of aryl methyl sites for hydroxylation is 2. The number of anilines is 1. The van der Waals surface area contributed by atoms with E-state index in [1.165, 1.54) is 42.5 Å². The first-order chi connectivity index (χ1) is 8.15. The zero-order valence-electron chi connectivity index (χ0n) is 11.8. The van der Waals surface area contributed by atoms with Gasteiger partial charge in [-0.2, -0.15) is 0 Å². The molecule has 0 saturated heterocycles. The molecule has 0 fully saturated rings. The predicted octanol–water partition coefficient (Wildman–Crippen LogP) is 4.93. The molecule has 1 aromatic rings. The molecule has 0 spiro atoms. The van der Waals surface area contributed by atoms with E-state index in [9.17, 15) is 0 Å². The highest BCUT2D eigenvalue weighted by atomic mass is 14.9. The van der Waals surface area contributed by atoms with Crippen molar-refractivity contribution in [2.75, 3.05) is 11.9 Å². The van der Waals surface area contributed by atoms with E-state index in [-0.39, 0.29) is 0 Å². The van der Waals surface area contributed by atoms with Crippen molar-refractivity contribution in [1.29, 1.82) is 0 Å². The van der Waals surface area contributed by atoms with Gasteiger partial charge in [0.05, 0.1) is 0 Å². The molecule has 1 nitrogen and oxygen atoms in total. The van der Waals surface area contributed by atoms with Crippen LogP contribution >= 0.6 is 0 Å². The zero-order valence-corrected chi connectivity index (χ0v) is 11.8. The molecule has 0 aliphatic rings. The van der Waals surface area contributed by atoms with Crippen LogP contribution in [-0.4, -0.2) is 6.54 Å². The summed E-state index contributed by atoms with van der Waals surface area (Å²) in [6.07, 6.45) is 5.29. The lowest BCUT2D eigenvalue weighted by atomic mass is 9.99. The summed E-state index contributed by atoms with van der Waals surface area (Å²) in [5.41, 5.74) is 3.96. The molecule has 17 heavy (non-hydrogen) atoms. The molecule has 0 heterocycles. The fourth-order valence-electron chi connectivity index (χ4n) is 2.28. The molecule has 1 aromatic carbocycles. The maximum absolute atomic E-state index is 3.59. The Morgan fingerprint density at radius 1 is 1.06 bits per heavy atom. The van der Waals surface area contributed by atoms with Gasteiger partial charge in [-0.05, 0) is 49.4 Å². The lowest BCUT2D eigenvalue weighted by molar-refractivity contribution is 0.473. The Morgan fingerprint density at radius 3 is 2.24 bits per heavy atom. The Morgan fingerprint density at radius 2 is 1.71 bits per heavy atom. The van der Waals surface area contributed by atoms with Gasteiger partial charge in [-0.25, -0.2) is 0 Å². The van der Waals surface area contributed by atoms with Crippen LogP contribution in [0.3, 0.4) is 0 Å². The van der Waals surface area contributed by atoms with E-state index in [4.69, 9.17) is 0 Å². The molecular formula is C16H27N. The van der Waals surface area contributed by atoms with Crippen LogP contribution in [0.15, 0.2) is 18.2 Å². The summed E-state index contributed by atoms with van der Waals surface area (Å²) in [7, 11) is 0. The molecule has 1 atom stereocenters. The Labute approximate surface area is 107 Å². The number of hydrogen-bond acceptors (Lipinski definition) is 1. The number of nitrogens with one attached hydrogen (secondary N) is 1. The Balaban J connectivity index is 2.47. The average Bonchev–Trinajstić information content (AvgIpc) is 2.28. The van der Waals surface area contributed by atoms with Crippen molar-refractivity contribution in [1.82, 2.24) is 0 Å². The molecule has 0 aliphatic carbocycles. The summed E-state index contributed by atoms with van der Waals surface area (Å²) < 4.78 is 0. The van der Waals surface area contributed by atoms with Gasteiger partial charge >= 0.3 is 0 Å². The Kier molecular flexibility index (Phi) is 6.10. The van der Waals surface area contributed by atoms with Gasteiger partial charge in [0.25, 0.3) is 0 Å². The number of benzene rings is 1. The lowest BCUT2D eigenvalue weighted by Crippen LogP contribution is -2.13. The van der Waals surface area contributed by atoms with E-state index in [0.29, 0.717) is 0 Å². The van der Waals surface area contributed by atoms with Crippen LogP contribution in [0.25, 0.3) is 0 Å². The summed E-state index contributed by atoms with van der Waals surface area (Å²) in [5.74, 6) is 0.816. The van der Waals surface area contributed by atoms with Crippen molar-refractivity contribution < 1.29 is 0 Å². The smallest absolute Gasteiger partial charge is 0.0345 e. The molecule has 0 aliphatic heterocycles. The third-order valence-corrected chi connectivity index (χ3v) is 3.36. The monoisotopic (exact) mass is 233 g/mol. The van der Waals surface area contributed by atoms with Gasteiger partial charge in [0, 0.05) is 12.2 Å². The van der Waals surface area contributed by atoms with E-state index >= 15 is 0 Å². The van der Waals surface area contributed by atoms with E-state index in [1.54, 1.807) is 0 Å². The fourth-order valence-corrected chi connectivity index (χ4v) is 2.28. The van der Waals surface area contributed by atoms with Crippen LogP contribution in [0, 0.1) is 19.8 Å². The lowest BCUT2D eigenvalue weighted by Gasteiger charge is -2.16. The fraction of sp³-hybridized carbons (Fsp3) is 0.625. The van der Waals surface area contributed by atoms with E-state index < -0.39 is 0 Å². The van der Waals surface area contributed by atoms with Crippen LogP contribution in [0.1, 0.15) is 50.7 Å². The molecule has 1 unspecified atom stereocenters. The first-order valence-corrected chi connectivity index (χ1v) is 6.97. The van der Waals surface area contributed by atoms with Gasteiger partial charge in [-0.1, -0.05) is 39.2 Å². The molecule has 1 N–H and O–H groups in total. The zero-order chi connectivity index (χ0) is 12.7. The van der Waals surface area contributed by atoms with Crippen molar-refractivity contribution >= 4 is 5.69 Å². The van der Waals surface area contributed by atoms with Gasteiger partial charge < -0.3 is 5.32 Å². The highest BCUT2D eigenvalue weighted by Crippen LogP contribution is 2.17. The van der Waals surface area contributed by atoms with Crippen LogP contribution in [0.4, 0.5) is 5.69 Å². The minimum atomic E-state index is 0.816. The Bertz CT molecular complexity index is 310. The van der Waals surface area contributed by atoms with Crippen LogP contribution < -0.4 is 5.32 Å². The number of rotatable bonds is 7. The average molecular weight is 233 g/mol. The molecule has 0 saturated carbocycles. The van der Waals surface area contributed by atoms with Crippen LogP contribution in [0.5, 0.6) is 0 Å². The van der Waals surface area contributed by atoms with E-state index in [1.807, 2.05) is 0 Å². The summed E-state index contributed by atoms with van der Waals surface area (Å²) in [6, 6.07) is 6.69. The largest absolute Gasteiger partial charge is 0.385 e. The number of unbranched alkanes of at least 4 members (excludes halogenated alkanes) is 1. The van der Waals surface area contributed by atoms with Crippen LogP contribution in [0.2, 0.25) is 0 Å². The van der Waals surface area contributed by atoms with Crippen molar-refractivity contribution in [3.05, 3.63) is 29.3 Å². The quantitative estimate of drug-likeness (QED) is 0.704. The van der Waals surface area contributed by atoms with Crippen molar-refractivity contribution in [2.45, 2.75) is 53.4 Å². The third kappa shape index (κ3) is 5.25. The first kappa shape index (κ1) is 14.1. The normalized spacial score (nSPS) is 12.5. The van der Waals surface area contributed by atoms with Gasteiger partial charge in [0.15, 0.2) is 0 Å². The first-order valence-electron chi connectivity index (χ1n) is 6.97. The summed E-state index contributed by atoms with van der Waals surface area (Å²) in [5, 5.41) is 3.59. The van der Waals surface area contributed by atoms with Gasteiger partial charge in [0.1, 0.15) is 0 Å². The minimum absolute atomic E-state index is 0.816. The standard InChI is InChI=1S/C16H27N/c1-5-7-8-15(6-2)12-17-16-10-13(3)9-14(4)11-16/h9-11,15,17H,5-8,12H2,1-4H3. The minimum Gasteiger partial charge on any atom is -0.385 e. The second kappa shape index (κ2) is 7.37. The van der Waals surface area contributed by atoms with Crippen LogP contribution in [-0.2, 0) is 0 Å². The van der Waals surface area contributed by atoms with E-state index in [2.05, 4.69) is 51.2 Å². The number of hydrogen-bond donors (Lipinski definition) is 1. The van der Waals surface area contributed by atoms with Gasteiger partial charge in [-0.15, -0.1) is 0 Å². The third-order valence-electron chi connectivity index (χ3n) is 3.36. The molecule has 96 valence electrons. The Hall–Kier alpha value is -0.980. The predicted molar refractivity (Wildman–Crippen MR) is 77.7 cm³/mol. The molecule has 1 rings (SSSR count). The maximum atomic E-state index is 3.59. The van der Waals surface area contributed by atoms with E-state index in [0.717, 1.165) is 12.5 Å². The van der Waals surface area contributed by atoms with Crippen molar-refractivity contribution in [3.63, 3.8) is 0 Å². The molecule has 1 heteroatoms. The topological polar surface area (TPSA) is 12.0 Å². The molecule has 0 radical (unpaired) electrons. The molecule has 0 aromatic heterocycles. The van der Waals surface area contributed by atoms with Crippen molar-refractivity contribution in [3.8, 4) is 0 Å². The second-order valence-electron chi connectivity index (χ2n) is 5.17. The maximum Gasteiger partial charge on any atom is 0.0345 e. The molecule has 0 bridgehead atoms. The second-order valence-corrected chi connectivity index (χ2v) is 5.17. The molecule has 0 amide bonds. The molecular weight excluding hydrogens is 206 g/mol. The van der Waals surface area contributed by atoms with Gasteiger partial charge in [0.2, 0.25) is 0 Å². The summed E-state index contributed by atoms with van der Waals surface area (Å²) >= 11 is 0. The van der Waals surface area contributed by atoms with Crippen molar-refractivity contribution in [2.24, 2.45) is 5.92 Å². The highest BCUT2D eigenvalue weighted by molar-refractivity contribution is 5.48. The highest BCUT2D eigenvalue weighted by Gasteiger charge is 2.05.